The molecule has 1 amide bonds. The van der Waals surface area contributed by atoms with E-state index in [4.69, 9.17) is 4.74 Å². The fourth-order valence-corrected chi connectivity index (χ4v) is 5.87. The molecule has 0 saturated heterocycles. The molecule has 1 spiro atoms. The van der Waals surface area contributed by atoms with Gasteiger partial charge in [-0.15, -0.1) is 0 Å². The summed E-state index contributed by atoms with van der Waals surface area (Å²) in [6.07, 6.45) is 9.06. The number of ketones is 1. The van der Waals surface area contributed by atoms with Crippen LogP contribution in [-0.4, -0.2) is 28.3 Å². The maximum absolute atomic E-state index is 13.3. The first-order chi connectivity index (χ1) is 18.4. The molecule has 1 unspecified atom stereocenters. The monoisotopic (exact) mass is 504 g/mol. The van der Waals surface area contributed by atoms with Crippen LogP contribution >= 0.6 is 0 Å². The van der Waals surface area contributed by atoms with Crippen molar-refractivity contribution in [1.29, 1.82) is 0 Å². The SMILES string of the molecule is C=C/C=C\C1=C(C)NC(=O)C12Cc1ccc(Nc3cc(C(=O)c4cc(C)c5c(c4)CCO5)ncn3)cc1C2. The lowest BCUT2D eigenvalue weighted by Gasteiger charge is -2.22. The normalized spacial score (nSPS) is 19.5. The van der Waals surface area contributed by atoms with Crippen molar-refractivity contribution in [3.05, 3.63) is 112 Å². The van der Waals surface area contributed by atoms with Crippen molar-refractivity contribution in [3.63, 3.8) is 0 Å². The zero-order chi connectivity index (χ0) is 26.4. The number of allylic oxidation sites excluding steroid dienone is 4. The van der Waals surface area contributed by atoms with Crippen molar-refractivity contribution in [3.8, 4) is 5.75 Å². The third-order valence-electron chi connectivity index (χ3n) is 7.65. The Morgan fingerprint density at radius 2 is 1.95 bits per heavy atom. The van der Waals surface area contributed by atoms with Crippen LogP contribution in [0.25, 0.3) is 0 Å². The minimum Gasteiger partial charge on any atom is -0.493 e. The molecule has 6 rings (SSSR count). The Hall–Kier alpha value is -4.52. The minimum absolute atomic E-state index is 0.0386. The average molecular weight is 505 g/mol. The Labute approximate surface area is 221 Å². The molecule has 2 N–H and O–H groups in total. The van der Waals surface area contributed by atoms with Gasteiger partial charge in [0.1, 0.15) is 23.6 Å². The number of carbonyl (C=O) groups is 2. The van der Waals surface area contributed by atoms with Crippen molar-refractivity contribution in [2.24, 2.45) is 5.41 Å². The van der Waals surface area contributed by atoms with Crippen molar-refractivity contribution in [2.45, 2.75) is 33.1 Å². The first-order valence-electron chi connectivity index (χ1n) is 12.7. The second kappa shape index (κ2) is 9.10. The second-order valence-corrected chi connectivity index (χ2v) is 10.1. The molecule has 1 atom stereocenters. The van der Waals surface area contributed by atoms with Crippen molar-refractivity contribution in [1.82, 2.24) is 15.3 Å². The number of nitrogens with one attached hydrogen (secondary N) is 2. The standard InChI is InChI=1S/C31H28N4O3/c1-4-5-6-25-19(3)34-30(37)31(25)15-21-7-8-24(13-23(21)16-31)35-27-14-26(32-17-33-27)28(36)22-11-18(2)29-20(12-22)9-10-38-29/h4-8,11-14,17H,1,9-10,15-16H2,2-3H3,(H,34,37)(H,32,33,35)/b6-5-. The Kier molecular flexibility index (Phi) is 5.71. The van der Waals surface area contributed by atoms with Crippen LogP contribution in [0.15, 0.2) is 78.8 Å². The third kappa shape index (κ3) is 3.91. The highest BCUT2D eigenvalue weighted by Crippen LogP contribution is 2.48. The van der Waals surface area contributed by atoms with Gasteiger partial charge in [0.2, 0.25) is 11.7 Å². The van der Waals surface area contributed by atoms with Crippen LogP contribution in [0.3, 0.4) is 0 Å². The van der Waals surface area contributed by atoms with Crippen LogP contribution in [0, 0.1) is 12.3 Å². The van der Waals surface area contributed by atoms with Crippen LogP contribution < -0.4 is 15.4 Å². The van der Waals surface area contributed by atoms with Crippen molar-refractivity contribution < 1.29 is 14.3 Å². The molecule has 0 saturated carbocycles. The molecule has 1 aromatic heterocycles. The fourth-order valence-electron chi connectivity index (χ4n) is 5.87. The van der Waals surface area contributed by atoms with Gasteiger partial charge in [0.05, 0.1) is 12.0 Å². The zero-order valence-electron chi connectivity index (χ0n) is 21.4. The molecule has 190 valence electrons. The predicted molar refractivity (Wildman–Crippen MR) is 146 cm³/mol. The topological polar surface area (TPSA) is 93.2 Å². The lowest BCUT2D eigenvalue weighted by molar-refractivity contribution is -0.126. The van der Waals surface area contributed by atoms with E-state index in [-0.39, 0.29) is 11.7 Å². The first kappa shape index (κ1) is 23.9. The number of amides is 1. The molecule has 2 aromatic carbocycles. The van der Waals surface area contributed by atoms with Gasteiger partial charge in [0.25, 0.3) is 0 Å². The quantitative estimate of drug-likeness (QED) is 0.365. The Bertz CT molecular complexity index is 1590. The van der Waals surface area contributed by atoms with Crippen LogP contribution in [-0.2, 0) is 24.1 Å². The van der Waals surface area contributed by atoms with E-state index < -0.39 is 5.41 Å². The molecular weight excluding hydrogens is 476 g/mol. The van der Waals surface area contributed by atoms with Crippen LogP contribution in [0.5, 0.6) is 5.75 Å². The van der Waals surface area contributed by atoms with Gasteiger partial charge in [-0.1, -0.05) is 30.9 Å². The highest BCUT2D eigenvalue weighted by Gasteiger charge is 2.50. The molecular formula is C31H28N4O3. The average Bonchev–Trinajstić information content (AvgIpc) is 3.59. The largest absolute Gasteiger partial charge is 0.493 e. The Morgan fingerprint density at radius 3 is 2.79 bits per heavy atom. The molecule has 3 heterocycles. The highest BCUT2D eigenvalue weighted by atomic mass is 16.5. The summed E-state index contributed by atoms with van der Waals surface area (Å²) in [6, 6.07) is 11.5. The van der Waals surface area contributed by atoms with E-state index in [0.717, 1.165) is 51.4 Å². The number of aryl methyl sites for hydroxylation is 1. The molecule has 7 heteroatoms. The molecule has 0 fully saturated rings. The maximum Gasteiger partial charge on any atom is 0.235 e. The highest BCUT2D eigenvalue weighted by molar-refractivity contribution is 6.08. The van der Waals surface area contributed by atoms with E-state index in [2.05, 4.69) is 39.3 Å². The van der Waals surface area contributed by atoms with Gasteiger partial charge in [0, 0.05) is 29.4 Å². The molecule has 2 aliphatic heterocycles. The van der Waals surface area contributed by atoms with Gasteiger partial charge >= 0.3 is 0 Å². The molecule has 3 aliphatic rings. The van der Waals surface area contributed by atoms with Crippen molar-refractivity contribution >= 4 is 23.2 Å². The predicted octanol–water partition coefficient (Wildman–Crippen LogP) is 4.93. The van der Waals surface area contributed by atoms with E-state index in [0.29, 0.717) is 36.5 Å². The lowest BCUT2D eigenvalue weighted by Crippen LogP contribution is -2.34. The summed E-state index contributed by atoms with van der Waals surface area (Å²) < 4.78 is 5.67. The van der Waals surface area contributed by atoms with E-state index in [9.17, 15) is 9.59 Å². The molecule has 7 nitrogen and oxygen atoms in total. The lowest BCUT2D eigenvalue weighted by atomic mass is 9.78. The van der Waals surface area contributed by atoms with E-state index in [1.807, 2.05) is 44.2 Å². The number of aromatic nitrogens is 2. The summed E-state index contributed by atoms with van der Waals surface area (Å²) in [7, 11) is 0. The number of benzene rings is 2. The zero-order valence-corrected chi connectivity index (χ0v) is 21.4. The smallest absolute Gasteiger partial charge is 0.235 e. The minimum atomic E-state index is -0.599. The Balaban J connectivity index is 1.24. The van der Waals surface area contributed by atoms with Gasteiger partial charge < -0.3 is 15.4 Å². The van der Waals surface area contributed by atoms with Gasteiger partial charge in [-0.25, -0.2) is 9.97 Å². The van der Waals surface area contributed by atoms with Crippen LogP contribution in [0.1, 0.15) is 45.2 Å². The van der Waals surface area contributed by atoms with Gasteiger partial charge in [0.15, 0.2) is 0 Å². The molecule has 38 heavy (non-hydrogen) atoms. The number of hydrogen-bond acceptors (Lipinski definition) is 6. The number of ether oxygens (including phenoxy) is 1. The van der Waals surface area contributed by atoms with Crippen LogP contribution in [0.2, 0.25) is 0 Å². The first-order valence-corrected chi connectivity index (χ1v) is 12.7. The fraction of sp³-hybridized carbons (Fsp3) is 0.226. The molecule has 3 aromatic rings. The van der Waals surface area contributed by atoms with E-state index in [1.165, 1.54) is 6.33 Å². The van der Waals surface area contributed by atoms with Crippen molar-refractivity contribution in [2.75, 3.05) is 11.9 Å². The molecule has 0 radical (unpaired) electrons. The van der Waals surface area contributed by atoms with E-state index >= 15 is 0 Å². The van der Waals surface area contributed by atoms with Gasteiger partial charge in [-0.2, -0.15) is 0 Å². The summed E-state index contributed by atoms with van der Waals surface area (Å²) in [6.45, 7) is 8.30. The number of rotatable bonds is 6. The molecule has 1 aliphatic carbocycles. The number of carbonyl (C=O) groups excluding carboxylic acids is 2. The van der Waals surface area contributed by atoms with Gasteiger partial charge in [-0.05, 0) is 78.8 Å². The summed E-state index contributed by atoms with van der Waals surface area (Å²) in [4.78, 5) is 34.9. The summed E-state index contributed by atoms with van der Waals surface area (Å²) in [5.74, 6) is 1.30. The van der Waals surface area contributed by atoms with Crippen LogP contribution in [0.4, 0.5) is 11.5 Å². The molecule has 0 bridgehead atoms. The number of anilines is 2. The maximum atomic E-state index is 13.3. The number of nitrogens with zero attached hydrogens (tertiary/aromatic N) is 2. The van der Waals surface area contributed by atoms with Gasteiger partial charge in [-0.3, -0.25) is 9.59 Å². The summed E-state index contributed by atoms with van der Waals surface area (Å²) in [5.41, 5.74) is 7.34. The Morgan fingerprint density at radius 1 is 1.11 bits per heavy atom. The summed E-state index contributed by atoms with van der Waals surface area (Å²) >= 11 is 0. The second-order valence-electron chi connectivity index (χ2n) is 10.1. The third-order valence-corrected chi connectivity index (χ3v) is 7.65. The number of fused-ring (bicyclic) bond motifs is 2. The number of hydrogen-bond donors (Lipinski definition) is 2. The summed E-state index contributed by atoms with van der Waals surface area (Å²) in [5, 5.41) is 6.34. The van der Waals surface area contributed by atoms with E-state index in [1.54, 1.807) is 12.1 Å².